The van der Waals surface area contributed by atoms with Gasteiger partial charge in [-0.15, -0.1) is 0 Å². The molecule has 0 saturated heterocycles. The lowest BCUT2D eigenvalue weighted by molar-refractivity contribution is 0.187. The average Bonchev–Trinajstić information content (AvgIpc) is 3.52. The predicted molar refractivity (Wildman–Crippen MR) is 124 cm³/mol. The maximum Gasteiger partial charge on any atom is 0.412 e. The number of ether oxygens (including phenoxy) is 2. The third kappa shape index (κ3) is 3.81. The van der Waals surface area contributed by atoms with E-state index in [9.17, 15) is 9.18 Å². The Morgan fingerprint density at radius 3 is 2.62 bits per heavy atom. The number of hydrogen-bond donors (Lipinski definition) is 2. The highest BCUT2D eigenvalue weighted by Gasteiger charge is 2.15. The monoisotopic (exact) mass is 458 g/mol. The first-order chi connectivity index (χ1) is 16.6. The molecule has 5 rings (SSSR count). The summed E-state index contributed by atoms with van der Waals surface area (Å²) in [5.74, 6) is 0.109. The van der Waals surface area contributed by atoms with Crippen molar-refractivity contribution in [2.24, 2.45) is 0 Å². The van der Waals surface area contributed by atoms with Crippen LogP contribution in [0.15, 0.2) is 67.3 Å². The normalized spacial score (nSPS) is 10.9. The van der Waals surface area contributed by atoms with Gasteiger partial charge in [0.1, 0.15) is 17.2 Å². The Balaban J connectivity index is 1.53. The van der Waals surface area contributed by atoms with Crippen molar-refractivity contribution in [1.29, 1.82) is 0 Å². The SMILES string of the molecule is COC(=O)Nc1ccc(-c2cnc3ccc(-c4n[nH]cc4-c4ccc(F)c(OC)c4)cn23)cn1. The van der Waals surface area contributed by atoms with Crippen molar-refractivity contribution < 1.29 is 18.7 Å². The lowest BCUT2D eigenvalue weighted by Crippen LogP contribution is -2.11. The Labute approximate surface area is 193 Å². The zero-order valence-corrected chi connectivity index (χ0v) is 18.2. The Morgan fingerprint density at radius 2 is 1.85 bits per heavy atom. The van der Waals surface area contributed by atoms with E-state index >= 15 is 0 Å². The van der Waals surface area contributed by atoms with Crippen LogP contribution >= 0.6 is 0 Å². The molecule has 0 aliphatic heterocycles. The van der Waals surface area contributed by atoms with E-state index in [1.165, 1.54) is 20.3 Å². The number of fused-ring (bicyclic) bond motifs is 1. The number of aromatic nitrogens is 5. The van der Waals surface area contributed by atoms with E-state index in [0.717, 1.165) is 33.6 Å². The number of pyridine rings is 2. The van der Waals surface area contributed by atoms with Crippen molar-refractivity contribution in [1.82, 2.24) is 24.6 Å². The second kappa shape index (κ2) is 8.66. The molecule has 0 atom stereocenters. The molecule has 0 saturated carbocycles. The van der Waals surface area contributed by atoms with Gasteiger partial charge in [-0.25, -0.2) is 19.2 Å². The highest BCUT2D eigenvalue weighted by molar-refractivity contribution is 5.84. The van der Waals surface area contributed by atoms with Gasteiger partial charge in [0, 0.05) is 35.3 Å². The summed E-state index contributed by atoms with van der Waals surface area (Å²) in [6.45, 7) is 0. The molecule has 10 heteroatoms. The van der Waals surface area contributed by atoms with Crippen molar-refractivity contribution in [2.45, 2.75) is 0 Å². The van der Waals surface area contributed by atoms with Crippen LogP contribution in [0, 0.1) is 5.82 Å². The van der Waals surface area contributed by atoms with Crippen LogP contribution in [0.1, 0.15) is 0 Å². The van der Waals surface area contributed by atoms with E-state index in [4.69, 9.17) is 4.74 Å². The molecule has 0 aliphatic rings. The second-order valence-electron chi connectivity index (χ2n) is 7.33. The molecular weight excluding hydrogens is 439 g/mol. The molecule has 4 aromatic heterocycles. The molecule has 9 nitrogen and oxygen atoms in total. The van der Waals surface area contributed by atoms with Crippen LogP contribution in [0.3, 0.4) is 0 Å². The molecule has 2 N–H and O–H groups in total. The lowest BCUT2D eigenvalue weighted by Gasteiger charge is -2.08. The first-order valence-corrected chi connectivity index (χ1v) is 10.2. The topological polar surface area (TPSA) is 106 Å². The molecule has 0 aliphatic carbocycles. The molecule has 0 radical (unpaired) electrons. The van der Waals surface area contributed by atoms with Crippen LogP contribution in [0.25, 0.3) is 39.3 Å². The van der Waals surface area contributed by atoms with Crippen LogP contribution in [0.2, 0.25) is 0 Å². The number of amides is 1. The van der Waals surface area contributed by atoms with Crippen LogP contribution in [-0.4, -0.2) is 44.9 Å². The number of rotatable bonds is 5. The lowest BCUT2D eigenvalue weighted by atomic mass is 10.0. The first kappa shape index (κ1) is 21.1. The van der Waals surface area contributed by atoms with Crippen LogP contribution in [0.5, 0.6) is 5.75 Å². The number of methoxy groups -OCH3 is 2. The number of carbonyl (C=O) groups excluding carboxylic acids is 1. The van der Waals surface area contributed by atoms with E-state index in [0.29, 0.717) is 11.5 Å². The molecule has 0 spiro atoms. The van der Waals surface area contributed by atoms with Gasteiger partial charge in [0.15, 0.2) is 11.6 Å². The molecule has 170 valence electrons. The Bertz CT molecular complexity index is 1490. The van der Waals surface area contributed by atoms with Gasteiger partial charge in [0.2, 0.25) is 0 Å². The van der Waals surface area contributed by atoms with E-state index in [1.807, 2.05) is 28.8 Å². The predicted octanol–water partition coefficient (Wildman–Crippen LogP) is 4.78. The molecule has 0 bridgehead atoms. The smallest absolute Gasteiger partial charge is 0.412 e. The molecular formula is C24H19FN6O3. The van der Waals surface area contributed by atoms with Gasteiger partial charge in [0.05, 0.1) is 26.1 Å². The number of carbonyl (C=O) groups is 1. The van der Waals surface area contributed by atoms with Gasteiger partial charge in [-0.1, -0.05) is 6.07 Å². The van der Waals surface area contributed by atoms with E-state index in [-0.39, 0.29) is 5.75 Å². The average molecular weight is 458 g/mol. The third-order valence-corrected chi connectivity index (χ3v) is 5.36. The van der Waals surface area contributed by atoms with Gasteiger partial charge in [0.25, 0.3) is 0 Å². The summed E-state index contributed by atoms with van der Waals surface area (Å²) >= 11 is 0. The quantitative estimate of drug-likeness (QED) is 0.393. The number of H-pyrrole nitrogens is 1. The number of anilines is 1. The fourth-order valence-electron chi connectivity index (χ4n) is 3.67. The van der Waals surface area contributed by atoms with Crippen molar-refractivity contribution in [3.05, 3.63) is 73.1 Å². The highest BCUT2D eigenvalue weighted by Crippen LogP contribution is 2.33. The van der Waals surface area contributed by atoms with E-state index in [1.54, 1.807) is 36.8 Å². The molecule has 5 aromatic rings. The van der Waals surface area contributed by atoms with Gasteiger partial charge in [-0.05, 0) is 42.0 Å². The zero-order valence-electron chi connectivity index (χ0n) is 18.2. The number of nitrogens with zero attached hydrogens (tertiary/aromatic N) is 4. The Morgan fingerprint density at radius 1 is 1.03 bits per heavy atom. The fraction of sp³-hybridized carbons (Fsp3) is 0.0833. The van der Waals surface area contributed by atoms with E-state index in [2.05, 4.69) is 30.2 Å². The summed E-state index contributed by atoms with van der Waals surface area (Å²) in [7, 11) is 2.72. The summed E-state index contributed by atoms with van der Waals surface area (Å²) in [5.41, 5.74) is 5.48. The number of hydrogen-bond acceptors (Lipinski definition) is 6. The molecule has 0 unspecified atom stereocenters. The van der Waals surface area contributed by atoms with Gasteiger partial charge in [-0.2, -0.15) is 5.10 Å². The maximum atomic E-state index is 13.9. The largest absolute Gasteiger partial charge is 0.494 e. The highest BCUT2D eigenvalue weighted by atomic mass is 19.1. The molecule has 1 aromatic carbocycles. The molecule has 0 fully saturated rings. The molecule has 1 amide bonds. The summed E-state index contributed by atoms with van der Waals surface area (Å²) < 4.78 is 25.5. The number of benzene rings is 1. The third-order valence-electron chi connectivity index (χ3n) is 5.36. The number of halogens is 1. The summed E-state index contributed by atoms with van der Waals surface area (Å²) in [4.78, 5) is 20.1. The second-order valence-corrected chi connectivity index (χ2v) is 7.33. The number of imidazole rings is 1. The fourth-order valence-corrected chi connectivity index (χ4v) is 3.67. The number of nitrogens with one attached hydrogen (secondary N) is 2. The van der Waals surface area contributed by atoms with Crippen molar-refractivity contribution in [2.75, 3.05) is 19.5 Å². The minimum Gasteiger partial charge on any atom is -0.494 e. The van der Waals surface area contributed by atoms with E-state index < -0.39 is 11.9 Å². The molecule has 4 heterocycles. The van der Waals surface area contributed by atoms with Gasteiger partial charge < -0.3 is 9.47 Å². The van der Waals surface area contributed by atoms with Gasteiger partial charge >= 0.3 is 6.09 Å². The van der Waals surface area contributed by atoms with Crippen molar-refractivity contribution in [3.8, 4) is 39.4 Å². The first-order valence-electron chi connectivity index (χ1n) is 10.2. The Kier molecular flexibility index (Phi) is 5.38. The van der Waals surface area contributed by atoms with Crippen LogP contribution in [-0.2, 0) is 4.74 Å². The minimum atomic E-state index is -0.590. The van der Waals surface area contributed by atoms with Crippen LogP contribution < -0.4 is 10.1 Å². The summed E-state index contributed by atoms with van der Waals surface area (Å²) in [6, 6.07) is 12.0. The van der Waals surface area contributed by atoms with Crippen molar-refractivity contribution >= 4 is 17.6 Å². The zero-order chi connectivity index (χ0) is 23.7. The van der Waals surface area contributed by atoms with Crippen molar-refractivity contribution in [3.63, 3.8) is 0 Å². The summed E-state index contributed by atoms with van der Waals surface area (Å²) in [6.07, 6.45) is 6.50. The number of aromatic amines is 1. The Hall–Kier alpha value is -4.73. The molecule has 34 heavy (non-hydrogen) atoms. The van der Waals surface area contributed by atoms with Gasteiger partial charge in [-0.3, -0.25) is 14.8 Å². The standard InChI is InChI=1S/C24H19FN6O3/c1-33-20-9-14(3-6-18(20)25)17-11-28-30-23(17)16-5-8-22-27-12-19(31(22)13-16)15-4-7-21(26-10-15)29-24(32)34-2/h3-13H,1-2H3,(H,28,30)(H,26,29,32). The van der Waals surface area contributed by atoms with Crippen LogP contribution in [0.4, 0.5) is 15.0 Å². The maximum absolute atomic E-state index is 13.9. The minimum absolute atomic E-state index is 0.162. The summed E-state index contributed by atoms with van der Waals surface area (Å²) in [5, 5.41) is 9.85.